The lowest BCUT2D eigenvalue weighted by Gasteiger charge is -2.33. The lowest BCUT2D eigenvalue weighted by atomic mass is 9.94. The smallest absolute Gasteiger partial charge is 0.292 e. The van der Waals surface area contributed by atoms with Crippen LogP contribution in [0.2, 0.25) is 0 Å². The van der Waals surface area contributed by atoms with Crippen LogP contribution in [0, 0.1) is 0 Å². The predicted octanol–water partition coefficient (Wildman–Crippen LogP) is 4.75. The number of aromatic amines is 1. The molecule has 0 bridgehead atoms. The fourth-order valence-corrected chi connectivity index (χ4v) is 4.54. The van der Waals surface area contributed by atoms with Gasteiger partial charge in [0.25, 0.3) is 12.3 Å². The second-order valence-corrected chi connectivity index (χ2v) is 7.94. The van der Waals surface area contributed by atoms with E-state index in [1.165, 1.54) is 4.90 Å². The number of imidazole rings is 1. The summed E-state index contributed by atoms with van der Waals surface area (Å²) in [6, 6.07) is 7.14. The molecule has 1 saturated carbocycles. The molecule has 3 aromatic heterocycles. The molecular weight excluding hydrogens is 406 g/mol. The number of rotatable bonds is 4. The van der Waals surface area contributed by atoms with Gasteiger partial charge >= 0.3 is 0 Å². The Balaban J connectivity index is 1.53. The van der Waals surface area contributed by atoms with Crippen molar-refractivity contribution in [3.63, 3.8) is 0 Å². The first-order valence-corrected chi connectivity index (χ1v) is 10.2. The summed E-state index contributed by atoms with van der Waals surface area (Å²) in [7, 11) is 0. The maximum atomic E-state index is 13.4. The third-order valence-corrected chi connectivity index (χ3v) is 6.08. The number of para-hydroxylation sites is 1. The number of hydrogen-bond acceptors (Lipinski definition) is 5. The van der Waals surface area contributed by atoms with Gasteiger partial charge in [-0.15, -0.1) is 0 Å². The molecule has 1 aliphatic carbocycles. The van der Waals surface area contributed by atoms with Crippen LogP contribution >= 0.6 is 0 Å². The summed E-state index contributed by atoms with van der Waals surface area (Å²) in [6.45, 7) is 0.309. The van der Waals surface area contributed by atoms with Crippen molar-refractivity contribution in [1.29, 1.82) is 0 Å². The van der Waals surface area contributed by atoms with Gasteiger partial charge < -0.3 is 18.7 Å². The molecule has 0 radical (unpaired) electrons. The Hall–Kier alpha value is -3.49. The van der Waals surface area contributed by atoms with Crippen LogP contribution < -0.4 is 0 Å². The van der Waals surface area contributed by atoms with E-state index in [2.05, 4.69) is 15.0 Å². The van der Waals surface area contributed by atoms with Crippen LogP contribution in [0.3, 0.4) is 0 Å². The summed E-state index contributed by atoms with van der Waals surface area (Å²) in [5.74, 6) is -0.0956. The minimum Gasteiger partial charge on any atom is -0.458 e. The average molecular weight is 424 g/mol. The van der Waals surface area contributed by atoms with Crippen molar-refractivity contribution in [1.82, 2.24) is 19.9 Å². The fraction of sp³-hybridized carbons (Fsp3) is 0.318. The SMILES string of the molecule is O=C(c1ocnc1C(F)F)N1CCc2[nH]cnc2[C@@H]1c1oc2ccccc2c1C1CC1. The maximum absolute atomic E-state index is 13.4. The van der Waals surface area contributed by atoms with Crippen LogP contribution in [-0.2, 0) is 6.42 Å². The minimum atomic E-state index is -2.91. The number of carbonyl (C=O) groups excluding carboxylic acids is 1. The van der Waals surface area contributed by atoms with Crippen molar-refractivity contribution < 1.29 is 22.4 Å². The van der Waals surface area contributed by atoms with Gasteiger partial charge in [0.1, 0.15) is 17.4 Å². The molecule has 0 saturated heterocycles. The Kier molecular flexibility index (Phi) is 3.99. The highest BCUT2D eigenvalue weighted by atomic mass is 19.3. The number of nitrogens with one attached hydrogen (secondary N) is 1. The normalized spacial score (nSPS) is 18.7. The number of oxazole rings is 1. The highest BCUT2D eigenvalue weighted by Crippen LogP contribution is 2.50. The molecule has 9 heteroatoms. The number of alkyl halides is 2. The van der Waals surface area contributed by atoms with Gasteiger partial charge in [-0.25, -0.2) is 18.7 Å². The summed E-state index contributed by atoms with van der Waals surface area (Å²) >= 11 is 0. The van der Waals surface area contributed by atoms with Crippen LogP contribution in [0.5, 0.6) is 0 Å². The van der Waals surface area contributed by atoms with Crippen molar-refractivity contribution in [2.24, 2.45) is 0 Å². The van der Waals surface area contributed by atoms with Crippen LogP contribution in [-0.4, -0.2) is 32.3 Å². The first kappa shape index (κ1) is 18.3. The lowest BCUT2D eigenvalue weighted by molar-refractivity contribution is 0.0624. The Morgan fingerprint density at radius 3 is 2.87 bits per heavy atom. The van der Waals surface area contributed by atoms with Gasteiger partial charge in [-0.1, -0.05) is 18.2 Å². The molecule has 2 aliphatic rings. The summed E-state index contributed by atoms with van der Waals surface area (Å²) in [5.41, 5.74) is 2.73. The molecule has 1 fully saturated rings. The zero-order valence-corrected chi connectivity index (χ0v) is 16.3. The third-order valence-electron chi connectivity index (χ3n) is 6.08. The standard InChI is InChI=1S/C22H18F2N4O3/c23-21(24)17-20(30-10-27-17)22(29)28-8-7-13-16(26-9-25-13)18(28)19-15(11-5-6-11)12-3-1-2-4-14(12)31-19/h1-4,9-11,18,21H,5-8H2,(H,25,26)/t18-/m1/s1. The summed E-state index contributed by atoms with van der Waals surface area (Å²) in [5, 5.41) is 1.02. The molecule has 158 valence electrons. The van der Waals surface area contributed by atoms with E-state index in [4.69, 9.17) is 8.83 Å². The molecule has 0 unspecified atom stereocenters. The zero-order chi connectivity index (χ0) is 21.1. The van der Waals surface area contributed by atoms with Crippen molar-refractivity contribution in [3.8, 4) is 0 Å². The molecule has 4 aromatic rings. The summed E-state index contributed by atoms with van der Waals surface area (Å²) in [6.07, 6.45) is 2.17. The number of carbonyl (C=O) groups is 1. The highest BCUT2D eigenvalue weighted by molar-refractivity contribution is 5.93. The minimum absolute atomic E-state index is 0.309. The predicted molar refractivity (Wildman–Crippen MR) is 105 cm³/mol. The molecule has 0 spiro atoms. The van der Waals surface area contributed by atoms with E-state index in [-0.39, 0.29) is 0 Å². The summed E-state index contributed by atoms with van der Waals surface area (Å²) < 4.78 is 38.2. The van der Waals surface area contributed by atoms with Gasteiger partial charge in [0.2, 0.25) is 5.76 Å². The largest absolute Gasteiger partial charge is 0.458 e. The van der Waals surface area contributed by atoms with Crippen LogP contribution in [0.15, 0.2) is 45.8 Å². The van der Waals surface area contributed by atoms with Crippen LogP contribution in [0.4, 0.5) is 8.78 Å². The van der Waals surface area contributed by atoms with E-state index in [9.17, 15) is 13.6 Å². The van der Waals surface area contributed by atoms with Crippen molar-refractivity contribution >= 4 is 16.9 Å². The first-order valence-electron chi connectivity index (χ1n) is 10.2. The number of H-pyrrole nitrogens is 1. The fourth-order valence-electron chi connectivity index (χ4n) is 4.54. The quantitative estimate of drug-likeness (QED) is 0.511. The van der Waals surface area contributed by atoms with Gasteiger partial charge in [0.05, 0.1) is 12.0 Å². The van der Waals surface area contributed by atoms with E-state index in [1.807, 2.05) is 24.3 Å². The molecule has 31 heavy (non-hydrogen) atoms. The zero-order valence-electron chi connectivity index (χ0n) is 16.3. The Morgan fingerprint density at radius 2 is 2.06 bits per heavy atom. The molecule has 7 nitrogen and oxygen atoms in total. The van der Waals surface area contributed by atoms with E-state index in [0.717, 1.165) is 41.5 Å². The number of amides is 1. The Bertz CT molecular complexity index is 1290. The molecule has 1 atom stereocenters. The molecule has 1 aromatic carbocycles. The number of aromatic nitrogens is 3. The van der Waals surface area contributed by atoms with Crippen LogP contribution in [0.25, 0.3) is 11.0 Å². The molecule has 4 heterocycles. The molecule has 1 aliphatic heterocycles. The van der Waals surface area contributed by atoms with E-state index >= 15 is 0 Å². The number of fused-ring (bicyclic) bond motifs is 2. The average Bonchev–Trinajstić information content (AvgIpc) is 3.20. The molecule has 6 rings (SSSR count). The second kappa shape index (κ2) is 6.76. The van der Waals surface area contributed by atoms with Gasteiger partial charge in [0, 0.05) is 29.6 Å². The number of benzene rings is 1. The van der Waals surface area contributed by atoms with E-state index in [1.54, 1.807) is 6.33 Å². The Labute approximate surface area is 175 Å². The van der Waals surface area contributed by atoms with Crippen LogP contribution in [0.1, 0.15) is 70.2 Å². The van der Waals surface area contributed by atoms with Gasteiger partial charge in [0.15, 0.2) is 12.1 Å². The number of halogens is 2. The monoisotopic (exact) mass is 424 g/mol. The van der Waals surface area contributed by atoms with Gasteiger partial charge in [-0.2, -0.15) is 0 Å². The molecule has 1 N–H and O–H groups in total. The lowest BCUT2D eigenvalue weighted by Crippen LogP contribution is -2.41. The van der Waals surface area contributed by atoms with Gasteiger partial charge in [-0.05, 0) is 24.8 Å². The van der Waals surface area contributed by atoms with Gasteiger partial charge in [-0.3, -0.25) is 4.79 Å². The Morgan fingerprint density at radius 1 is 1.23 bits per heavy atom. The first-order chi connectivity index (χ1) is 15.1. The van der Waals surface area contributed by atoms with E-state index < -0.39 is 29.8 Å². The number of furan rings is 1. The topological polar surface area (TPSA) is 88.2 Å². The van der Waals surface area contributed by atoms with Crippen molar-refractivity contribution in [2.75, 3.05) is 6.54 Å². The maximum Gasteiger partial charge on any atom is 0.292 e. The third kappa shape index (κ3) is 2.79. The molecular formula is C22H18F2N4O3. The summed E-state index contributed by atoms with van der Waals surface area (Å²) in [4.78, 5) is 26.1. The number of nitrogens with zero attached hydrogens (tertiary/aromatic N) is 3. The highest BCUT2D eigenvalue weighted by Gasteiger charge is 2.43. The van der Waals surface area contributed by atoms with Crippen molar-refractivity contribution in [3.05, 3.63) is 71.2 Å². The number of hydrogen-bond donors (Lipinski definition) is 1. The van der Waals surface area contributed by atoms with Crippen molar-refractivity contribution in [2.45, 2.75) is 37.6 Å². The second-order valence-electron chi connectivity index (χ2n) is 7.94. The molecule has 1 amide bonds. The van der Waals surface area contributed by atoms with E-state index in [0.29, 0.717) is 30.3 Å².